The molecule has 0 radical (unpaired) electrons. The highest BCUT2D eigenvalue weighted by atomic mass is 19.1. The third-order valence-electron chi connectivity index (χ3n) is 9.89. The standard InChI is InChI=1S/C27H32F2O9/c1-23(2)36-20-11-14-15-10-17(28)16-9-13(30)5-7-24(16,3)26(15,29)19(31)12-25(14,4)27(20,38-23)37-22(33)35-18-6-8-34-21(18)32/h5,7,9,14-15,17-20,31H,6,8,10-12H2,1-4H3/t14-,15-,17-,18?,19-,20+,24-,25-,26-,27+/m0/s1. The van der Waals surface area contributed by atoms with Gasteiger partial charge in [-0.05, 0) is 63.7 Å². The molecule has 0 aromatic carbocycles. The van der Waals surface area contributed by atoms with Crippen LogP contribution in [0.4, 0.5) is 13.6 Å². The normalized spacial score (nSPS) is 50.3. The Morgan fingerprint density at radius 3 is 2.58 bits per heavy atom. The van der Waals surface area contributed by atoms with E-state index in [2.05, 4.69) is 0 Å². The van der Waals surface area contributed by atoms with Gasteiger partial charge in [0.15, 0.2) is 17.2 Å². The molecule has 6 aliphatic rings. The van der Waals surface area contributed by atoms with Gasteiger partial charge in [0.05, 0.1) is 12.7 Å². The summed E-state index contributed by atoms with van der Waals surface area (Å²) in [6.45, 7) is 6.65. The van der Waals surface area contributed by atoms with Crippen LogP contribution in [-0.2, 0) is 33.3 Å². The largest absolute Gasteiger partial charge is 0.511 e. The highest BCUT2D eigenvalue weighted by Crippen LogP contribution is 2.72. The third-order valence-corrected chi connectivity index (χ3v) is 9.89. The maximum atomic E-state index is 17.4. The molecule has 0 bridgehead atoms. The average molecular weight is 539 g/mol. The Hall–Kier alpha value is -2.37. The number of rotatable bonds is 2. The molecule has 2 saturated heterocycles. The second-order valence-corrected chi connectivity index (χ2v) is 12.3. The molecular formula is C27H32F2O9. The number of halogens is 2. The highest BCUT2D eigenvalue weighted by Gasteiger charge is 2.81. The number of carbonyl (C=O) groups excluding carboxylic acids is 3. The van der Waals surface area contributed by atoms with Gasteiger partial charge in [-0.3, -0.25) is 4.79 Å². The second kappa shape index (κ2) is 7.85. The summed E-state index contributed by atoms with van der Waals surface area (Å²) in [4.78, 5) is 36.9. The van der Waals surface area contributed by atoms with Crippen molar-refractivity contribution in [1.29, 1.82) is 0 Å². The van der Waals surface area contributed by atoms with Crippen molar-refractivity contribution in [2.45, 2.75) is 95.1 Å². The van der Waals surface area contributed by atoms with E-state index in [0.717, 1.165) is 6.08 Å². The first-order chi connectivity index (χ1) is 17.7. The topological polar surface area (TPSA) is 118 Å². The molecule has 10 atom stereocenters. The fourth-order valence-electron chi connectivity index (χ4n) is 8.23. The van der Waals surface area contributed by atoms with Gasteiger partial charge in [0.25, 0.3) is 5.79 Å². The monoisotopic (exact) mass is 538 g/mol. The number of hydrogen-bond donors (Lipinski definition) is 1. The van der Waals surface area contributed by atoms with E-state index in [1.807, 2.05) is 0 Å². The van der Waals surface area contributed by atoms with Gasteiger partial charge in [0.2, 0.25) is 6.10 Å². The molecule has 0 aromatic rings. The first kappa shape index (κ1) is 25.9. The average Bonchev–Trinajstić information content (AvgIpc) is 3.40. The first-order valence-corrected chi connectivity index (χ1v) is 13.1. The Labute approximate surface area is 218 Å². The van der Waals surface area contributed by atoms with Gasteiger partial charge in [-0.2, -0.15) is 0 Å². The van der Waals surface area contributed by atoms with Crippen molar-refractivity contribution in [2.75, 3.05) is 6.61 Å². The summed E-state index contributed by atoms with van der Waals surface area (Å²) in [7, 11) is 0. The van der Waals surface area contributed by atoms with Crippen molar-refractivity contribution in [2.24, 2.45) is 22.7 Å². The van der Waals surface area contributed by atoms with Crippen molar-refractivity contribution in [3.05, 3.63) is 23.8 Å². The molecule has 2 heterocycles. The zero-order valence-electron chi connectivity index (χ0n) is 21.7. The molecule has 6 rings (SSSR count). The summed E-state index contributed by atoms with van der Waals surface area (Å²) in [6.07, 6.45) is -2.76. The smallest absolute Gasteiger partial charge is 0.463 e. The Bertz CT molecular complexity index is 1170. The number of carbonyl (C=O) groups is 3. The molecule has 38 heavy (non-hydrogen) atoms. The Morgan fingerprint density at radius 2 is 1.89 bits per heavy atom. The van der Waals surface area contributed by atoms with E-state index in [1.165, 1.54) is 19.1 Å². The lowest BCUT2D eigenvalue weighted by atomic mass is 9.45. The fourth-order valence-corrected chi connectivity index (χ4v) is 8.23. The molecule has 0 amide bonds. The molecule has 0 spiro atoms. The van der Waals surface area contributed by atoms with Crippen LogP contribution in [0.5, 0.6) is 0 Å². The second-order valence-electron chi connectivity index (χ2n) is 12.3. The number of ether oxygens (including phenoxy) is 5. The fraction of sp³-hybridized carbons (Fsp3) is 0.741. The van der Waals surface area contributed by atoms with Crippen molar-refractivity contribution >= 4 is 17.9 Å². The van der Waals surface area contributed by atoms with Gasteiger partial charge < -0.3 is 28.8 Å². The number of ketones is 1. The Balaban J connectivity index is 1.39. The minimum absolute atomic E-state index is 0.0243. The minimum Gasteiger partial charge on any atom is -0.463 e. The van der Waals surface area contributed by atoms with Gasteiger partial charge >= 0.3 is 12.1 Å². The lowest BCUT2D eigenvalue weighted by Crippen LogP contribution is -2.70. The van der Waals surface area contributed by atoms with Crippen LogP contribution < -0.4 is 0 Å². The van der Waals surface area contributed by atoms with Crippen LogP contribution in [0.2, 0.25) is 0 Å². The lowest BCUT2D eigenvalue weighted by Gasteiger charge is -2.62. The molecule has 2 aliphatic heterocycles. The van der Waals surface area contributed by atoms with Crippen molar-refractivity contribution in [3.63, 3.8) is 0 Å². The lowest BCUT2D eigenvalue weighted by molar-refractivity contribution is -0.314. The van der Waals surface area contributed by atoms with E-state index >= 15 is 8.78 Å². The van der Waals surface area contributed by atoms with E-state index in [9.17, 15) is 19.5 Å². The van der Waals surface area contributed by atoms with Crippen LogP contribution >= 0.6 is 0 Å². The van der Waals surface area contributed by atoms with Crippen LogP contribution in [0, 0.1) is 22.7 Å². The van der Waals surface area contributed by atoms with Gasteiger partial charge in [-0.25, -0.2) is 18.4 Å². The molecule has 4 aliphatic carbocycles. The third kappa shape index (κ3) is 3.15. The minimum atomic E-state index is -2.30. The van der Waals surface area contributed by atoms with Gasteiger partial charge in [-0.1, -0.05) is 13.0 Å². The van der Waals surface area contributed by atoms with Crippen LogP contribution in [0.25, 0.3) is 0 Å². The SMILES string of the molecule is CC1(C)O[C@@H]2C[C@H]3[C@@H]4C[C@H](F)C5=CC(=O)C=C[C@]5(C)[C@@]4(F)[C@@H](O)C[C@]3(C)[C@]2(OC(=O)OC2CCOC2=O)O1. The molecule has 5 fully saturated rings. The Kier molecular flexibility index (Phi) is 5.35. The van der Waals surface area contributed by atoms with E-state index in [-0.39, 0.29) is 37.9 Å². The van der Waals surface area contributed by atoms with Crippen LogP contribution in [0.1, 0.15) is 53.4 Å². The quantitative estimate of drug-likeness (QED) is 0.529. The summed E-state index contributed by atoms with van der Waals surface area (Å²) in [5, 5.41) is 11.5. The number of cyclic esters (lactones) is 1. The van der Waals surface area contributed by atoms with Crippen LogP contribution in [0.15, 0.2) is 23.8 Å². The number of esters is 1. The zero-order chi connectivity index (χ0) is 27.5. The molecule has 1 N–H and O–H groups in total. The van der Waals surface area contributed by atoms with E-state index < -0.39 is 82.3 Å². The molecule has 3 saturated carbocycles. The van der Waals surface area contributed by atoms with E-state index in [0.29, 0.717) is 0 Å². The van der Waals surface area contributed by atoms with Gasteiger partial charge in [0, 0.05) is 23.2 Å². The summed E-state index contributed by atoms with van der Waals surface area (Å²) < 4.78 is 61.4. The molecule has 208 valence electrons. The summed E-state index contributed by atoms with van der Waals surface area (Å²) >= 11 is 0. The maximum absolute atomic E-state index is 17.4. The molecule has 1 unspecified atom stereocenters. The maximum Gasteiger partial charge on any atom is 0.511 e. The summed E-state index contributed by atoms with van der Waals surface area (Å²) in [5.74, 6) is -5.71. The van der Waals surface area contributed by atoms with Crippen LogP contribution in [-0.4, -0.2) is 71.3 Å². The van der Waals surface area contributed by atoms with Gasteiger partial charge in [0.1, 0.15) is 12.3 Å². The van der Waals surface area contributed by atoms with Crippen molar-refractivity contribution in [1.82, 2.24) is 0 Å². The first-order valence-electron chi connectivity index (χ1n) is 13.1. The zero-order valence-corrected chi connectivity index (χ0v) is 21.7. The number of hydrogen-bond acceptors (Lipinski definition) is 9. The molecule has 11 heteroatoms. The van der Waals surface area contributed by atoms with Crippen molar-refractivity contribution in [3.8, 4) is 0 Å². The molecule has 9 nitrogen and oxygen atoms in total. The Morgan fingerprint density at radius 1 is 1.16 bits per heavy atom. The van der Waals surface area contributed by atoms with Crippen LogP contribution in [0.3, 0.4) is 0 Å². The van der Waals surface area contributed by atoms with E-state index in [1.54, 1.807) is 20.8 Å². The number of fused-ring (bicyclic) bond motifs is 7. The molecular weight excluding hydrogens is 506 g/mol. The van der Waals surface area contributed by atoms with E-state index in [4.69, 9.17) is 23.7 Å². The molecule has 0 aromatic heterocycles. The van der Waals surface area contributed by atoms with Gasteiger partial charge in [-0.15, -0.1) is 0 Å². The number of aliphatic hydroxyl groups is 1. The predicted octanol–water partition coefficient (Wildman–Crippen LogP) is 3.23. The highest BCUT2D eigenvalue weighted by molar-refractivity contribution is 6.01. The summed E-state index contributed by atoms with van der Waals surface area (Å²) in [6, 6.07) is 0. The number of alkyl halides is 2. The summed E-state index contributed by atoms with van der Waals surface area (Å²) in [5.41, 5.74) is -5.02. The predicted molar refractivity (Wildman–Crippen MR) is 124 cm³/mol. The number of aliphatic hydroxyl groups excluding tert-OH is 1. The van der Waals surface area contributed by atoms with Crippen molar-refractivity contribution < 1.29 is 52.0 Å². The number of allylic oxidation sites excluding steroid dienone is 4.